The lowest BCUT2D eigenvalue weighted by Gasteiger charge is -2.22. The first-order chi connectivity index (χ1) is 11.5. The molecule has 124 valence electrons. The van der Waals surface area contributed by atoms with Crippen molar-refractivity contribution in [2.24, 2.45) is 7.05 Å². The number of nitrogens with zero attached hydrogens (tertiary/aromatic N) is 3. The number of nitrogens with one attached hydrogen (secondary N) is 1. The van der Waals surface area contributed by atoms with Crippen molar-refractivity contribution in [1.82, 2.24) is 14.8 Å². The molecule has 0 radical (unpaired) electrons. The third-order valence-electron chi connectivity index (χ3n) is 5.28. The lowest BCUT2D eigenvalue weighted by atomic mass is 9.95. The number of carbonyl (C=O) groups is 1. The Balaban J connectivity index is 1.64. The molecule has 0 saturated carbocycles. The average Bonchev–Trinajstić information content (AvgIpc) is 3.17. The lowest BCUT2D eigenvalue weighted by Crippen LogP contribution is -2.43. The molecule has 1 amide bonds. The van der Waals surface area contributed by atoms with E-state index in [1.807, 2.05) is 34.7 Å². The molecule has 1 aromatic heterocycles. The topological polar surface area (TPSA) is 61.1 Å². The first kappa shape index (κ1) is 15.8. The molecule has 7 heteroatoms. The molecule has 2 aliphatic heterocycles. The minimum Gasteiger partial charge on any atom is -0.346 e. The summed E-state index contributed by atoms with van der Waals surface area (Å²) in [5, 5.41) is 13.7. The maximum atomic E-state index is 12.8. The van der Waals surface area contributed by atoms with Gasteiger partial charge in [-0.3, -0.25) is 4.79 Å². The van der Waals surface area contributed by atoms with Crippen LogP contribution in [-0.4, -0.2) is 33.5 Å². The van der Waals surface area contributed by atoms with Crippen LogP contribution in [0.5, 0.6) is 0 Å². The highest BCUT2D eigenvalue weighted by molar-refractivity contribution is 9.10. The Hall–Kier alpha value is -1.71. The SMILES string of the molecule is Cn1c(C(=O)N[C@@H]2C[C@@H]3CC[C@H]2N3C#N)c(Cl)c2cc(Br)ccc21. The normalized spacial score (nSPS) is 25.2. The van der Waals surface area contributed by atoms with Gasteiger partial charge in [0.2, 0.25) is 0 Å². The Kier molecular flexibility index (Phi) is 3.74. The molecule has 2 aliphatic rings. The van der Waals surface area contributed by atoms with E-state index in [0.717, 1.165) is 34.6 Å². The number of hydrogen-bond donors (Lipinski definition) is 1. The highest BCUT2D eigenvalue weighted by Crippen LogP contribution is 2.38. The summed E-state index contributed by atoms with van der Waals surface area (Å²) in [7, 11) is 1.85. The largest absolute Gasteiger partial charge is 0.346 e. The summed E-state index contributed by atoms with van der Waals surface area (Å²) in [5.74, 6) is -0.176. The van der Waals surface area contributed by atoms with Crippen LogP contribution in [0.1, 0.15) is 29.8 Å². The quantitative estimate of drug-likeness (QED) is 0.776. The van der Waals surface area contributed by atoms with Crippen LogP contribution in [0, 0.1) is 11.5 Å². The molecule has 1 N–H and O–H groups in total. The number of rotatable bonds is 2. The predicted molar refractivity (Wildman–Crippen MR) is 95.8 cm³/mol. The zero-order valence-corrected chi connectivity index (χ0v) is 15.4. The van der Waals surface area contributed by atoms with Gasteiger partial charge < -0.3 is 14.8 Å². The van der Waals surface area contributed by atoms with Crippen molar-refractivity contribution in [1.29, 1.82) is 5.26 Å². The van der Waals surface area contributed by atoms with Crippen LogP contribution in [-0.2, 0) is 7.05 Å². The minimum atomic E-state index is -0.176. The van der Waals surface area contributed by atoms with Crippen LogP contribution < -0.4 is 5.32 Å². The Labute approximate surface area is 153 Å². The van der Waals surface area contributed by atoms with Gasteiger partial charge in [0.15, 0.2) is 6.19 Å². The number of hydrogen-bond acceptors (Lipinski definition) is 3. The highest BCUT2D eigenvalue weighted by atomic mass is 79.9. The summed E-state index contributed by atoms with van der Waals surface area (Å²) in [5.41, 5.74) is 1.39. The smallest absolute Gasteiger partial charge is 0.269 e. The molecule has 2 fully saturated rings. The van der Waals surface area contributed by atoms with E-state index in [0.29, 0.717) is 10.7 Å². The van der Waals surface area contributed by atoms with Crippen molar-refractivity contribution >= 4 is 44.3 Å². The fourth-order valence-electron chi connectivity index (χ4n) is 4.16. The first-order valence-electron chi connectivity index (χ1n) is 7.93. The van der Waals surface area contributed by atoms with Gasteiger partial charge in [0.25, 0.3) is 5.91 Å². The van der Waals surface area contributed by atoms with E-state index in [1.165, 1.54) is 0 Å². The van der Waals surface area contributed by atoms with Gasteiger partial charge in [-0.05, 0) is 37.5 Å². The number of aryl methyl sites for hydroxylation is 1. The second kappa shape index (κ2) is 5.68. The highest BCUT2D eigenvalue weighted by Gasteiger charge is 2.46. The summed E-state index contributed by atoms with van der Waals surface area (Å²) in [6, 6.07) is 6.19. The van der Waals surface area contributed by atoms with Gasteiger partial charge in [0.1, 0.15) is 5.69 Å². The average molecular weight is 408 g/mol. The van der Waals surface area contributed by atoms with Crippen LogP contribution in [0.25, 0.3) is 10.9 Å². The number of halogens is 2. The van der Waals surface area contributed by atoms with Crippen LogP contribution in [0.3, 0.4) is 0 Å². The minimum absolute atomic E-state index is 0.0108. The van der Waals surface area contributed by atoms with Gasteiger partial charge in [-0.15, -0.1) is 0 Å². The van der Waals surface area contributed by atoms with Crippen LogP contribution in [0.4, 0.5) is 0 Å². The van der Waals surface area contributed by atoms with E-state index >= 15 is 0 Å². The van der Waals surface area contributed by atoms with Crippen molar-refractivity contribution in [2.45, 2.75) is 37.4 Å². The van der Waals surface area contributed by atoms with Gasteiger partial charge in [-0.1, -0.05) is 27.5 Å². The molecule has 0 spiro atoms. The monoisotopic (exact) mass is 406 g/mol. The number of fused-ring (bicyclic) bond motifs is 3. The second-order valence-electron chi connectivity index (χ2n) is 6.50. The lowest BCUT2D eigenvalue weighted by molar-refractivity contribution is 0.0920. The first-order valence-corrected chi connectivity index (χ1v) is 9.10. The summed E-state index contributed by atoms with van der Waals surface area (Å²) >= 11 is 9.92. The Morgan fingerprint density at radius 1 is 1.46 bits per heavy atom. The van der Waals surface area contributed by atoms with E-state index in [4.69, 9.17) is 11.6 Å². The third kappa shape index (κ3) is 2.22. The molecule has 0 unspecified atom stereocenters. The van der Waals surface area contributed by atoms with E-state index in [1.54, 1.807) is 0 Å². The molecule has 3 heterocycles. The fraction of sp³-hybridized carbons (Fsp3) is 0.412. The Morgan fingerprint density at radius 3 is 2.96 bits per heavy atom. The molecular weight excluding hydrogens is 392 g/mol. The van der Waals surface area contributed by atoms with Crippen molar-refractivity contribution in [3.05, 3.63) is 33.4 Å². The van der Waals surface area contributed by atoms with Crippen molar-refractivity contribution in [2.75, 3.05) is 0 Å². The standard InChI is InChI=1S/C17H16BrClN4O/c1-22-13-4-2-9(18)6-11(13)15(19)16(22)17(24)21-12-7-10-3-5-14(12)23(10)8-20/h2,4,6,10,12,14H,3,5,7H2,1H3,(H,21,24)/t10-,12+,14+/m0/s1. The molecule has 3 atom stereocenters. The van der Waals surface area contributed by atoms with Gasteiger partial charge >= 0.3 is 0 Å². The zero-order valence-electron chi connectivity index (χ0n) is 13.1. The van der Waals surface area contributed by atoms with Crippen LogP contribution >= 0.6 is 27.5 Å². The molecule has 1 aromatic carbocycles. The van der Waals surface area contributed by atoms with Crippen molar-refractivity contribution < 1.29 is 4.79 Å². The number of benzene rings is 1. The number of aromatic nitrogens is 1. The molecule has 2 saturated heterocycles. The molecule has 2 bridgehead atoms. The van der Waals surface area contributed by atoms with E-state index in [2.05, 4.69) is 27.4 Å². The Morgan fingerprint density at radius 2 is 2.25 bits per heavy atom. The zero-order chi connectivity index (χ0) is 17.0. The fourth-order valence-corrected chi connectivity index (χ4v) is 4.89. The maximum Gasteiger partial charge on any atom is 0.269 e. The van der Waals surface area contributed by atoms with Crippen molar-refractivity contribution in [3.63, 3.8) is 0 Å². The number of amides is 1. The molecule has 5 nitrogen and oxygen atoms in total. The second-order valence-corrected chi connectivity index (χ2v) is 7.80. The number of nitriles is 1. The molecular formula is C17H16BrClN4O. The van der Waals surface area contributed by atoms with Crippen molar-refractivity contribution in [3.8, 4) is 6.19 Å². The summed E-state index contributed by atoms with van der Waals surface area (Å²) in [6.45, 7) is 0. The number of carbonyl (C=O) groups excluding carboxylic acids is 1. The van der Waals surface area contributed by atoms with Gasteiger partial charge in [0.05, 0.1) is 17.1 Å². The van der Waals surface area contributed by atoms with E-state index in [9.17, 15) is 10.1 Å². The van der Waals surface area contributed by atoms with E-state index in [-0.39, 0.29) is 24.0 Å². The van der Waals surface area contributed by atoms with Crippen LogP contribution in [0.15, 0.2) is 22.7 Å². The maximum absolute atomic E-state index is 12.8. The summed E-state index contributed by atoms with van der Waals surface area (Å²) in [6.07, 6.45) is 5.09. The summed E-state index contributed by atoms with van der Waals surface area (Å²) in [4.78, 5) is 14.7. The molecule has 2 aromatic rings. The molecule has 0 aliphatic carbocycles. The Bertz CT molecular complexity index is 887. The van der Waals surface area contributed by atoms with E-state index < -0.39 is 0 Å². The van der Waals surface area contributed by atoms with Gasteiger partial charge in [0, 0.05) is 28.5 Å². The molecule has 4 rings (SSSR count). The van der Waals surface area contributed by atoms with Gasteiger partial charge in [-0.25, -0.2) is 0 Å². The third-order valence-corrected chi connectivity index (χ3v) is 6.16. The molecule has 24 heavy (non-hydrogen) atoms. The van der Waals surface area contributed by atoms with Gasteiger partial charge in [-0.2, -0.15) is 5.26 Å². The summed E-state index contributed by atoms with van der Waals surface area (Å²) < 4.78 is 2.75. The van der Waals surface area contributed by atoms with Crippen LogP contribution in [0.2, 0.25) is 5.02 Å². The predicted octanol–water partition coefficient (Wildman–Crippen LogP) is 3.41.